The van der Waals surface area contributed by atoms with Gasteiger partial charge < -0.3 is 14.2 Å². The molecule has 0 aromatic carbocycles. The number of carbonyl (C=O) groups excluding carboxylic acids is 3. The molecule has 0 saturated heterocycles. The van der Waals surface area contributed by atoms with Crippen molar-refractivity contribution < 1.29 is 28.6 Å². The summed E-state index contributed by atoms with van der Waals surface area (Å²) in [6.07, 6.45) is 5.00. The molecular formula is C16H28O6. The SMILES string of the molecule is COC(=O)CCCCCCC(C)C(CC(=O)OC)C(=O)OC. The Hall–Kier alpha value is -1.59. The van der Waals surface area contributed by atoms with Gasteiger partial charge in [-0.15, -0.1) is 0 Å². The fourth-order valence-corrected chi connectivity index (χ4v) is 2.32. The third-order valence-electron chi connectivity index (χ3n) is 3.82. The highest BCUT2D eigenvalue weighted by atomic mass is 16.5. The Bertz CT molecular complexity index is 353. The number of ether oxygens (including phenoxy) is 3. The molecule has 2 atom stereocenters. The smallest absolute Gasteiger partial charge is 0.309 e. The van der Waals surface area contributed by atoms with Gasteiger partial charge in [-0.25, -0.2) is 0 Å². The van der Waals surface area contributed by atoms with Crippen LogP contribution in [-0.4, -0.2) is 39.2 Å². The van der Waals surface area contributed by atoms with Gasteiger partial charge in [-0.3, -0.25) is 14.4 Å². The Kier molecular flexibility index (Phi) is 11.1. The first kappa shape index (κ1) is 20.4. The molecule has 0 fully saturated rings. The number of esters is 3. The molecule has 0 saturated carbocycles. The lowest BCUT2D eigenvalue weighted by atomic mass is 9.86. The van der Waals surface area contributed by atoms with Crippen LogP contribution in [-0.2, 0) is 28.6 Å². The van der Waals surface area contributed by atoms with E-state index in [4.69, 9.17) is 4.74 Å². The molecule has 6 nitrogen and oxygen atoms in total. The first-order valence-electron chi connectivity index (χ1n) is 7.67. The van der Waals surface area contributed by atoms with Crippen LogP contribution in [0.5, 0.6) is 0 Å². The van der Waals surface area contributed by atoms with E-state index in [9.17, 15) is 14.4 Å². The zero-order valence-electron chi connectivity index (χ0n) is 14.1. The van der Waals surface area contributed by atoms with E-state index in [0.29, 0.717) is 6.42 Å². The maximum Gasteiger partial charge on any atom is 0.309 e. The van der Waals surface area contributed by atoms with Gasteiger partial charge >= 0.3 is 17.9 Å². The Morgan fingerprint density at radius 3 is 1.95 bits per heavy atom. The van der Waals surface area contributed by atoms with Gasteiger partial charge in [0.15, 0.2) is 0 Å². The fourth-order valence-electron chi connectivity index (χ4n) is 2.32. The maximum atomic E-state index is 11.8. The monoisotopic (exact) mass is 316 g/mol. The van der Waals surface area contributed by atoms with Crippen molar-refractivity contribution in [3.05, 3.63) is 0 Å². The molecule has 128 valence electrons. The topological polar surface area (TPSA) is 78.9 Å². The second kappa shape index (κ2) is 12.0. The molecule has 0 aliphatic heterocycles. The van der Waals surface area contributed by atoms with E-state index in [1.807, 2.05) is 6.92 Å². The van der Waals surface area contributed by atoms with Crippen molar-refractivity contribution in [3.8, 4) is 0 Å². The molecule has 0 heterocycles. The number of hydrogen-bond donors (Lipinski definition) is 0. The lowest BCUT2D eigenvalue weighted by Crippen LogP contribution is -2.26. The first-order chi connectivity index (χ1) is 10.5. The predicted octanol–water partition coefficient (Wildman–Crippen LogP) is 2.49. The summed E-state index contributed by atoms with van der Waals surface area (Å²) in [6, 6.07) is 0. The van der Waals surface area contributed by atoms with Gasteiger partial charge in [0, 0.05) is 6.42 Å². The van der Waals surface area contributed by atoms with Gasteiger partial charge in [0.25, 0.3) is 0 Å². The Labute approximate surface area is 132 Å². The zero-order chi connectivity index (χ0) is 17.0. The number of carbonyl (C=O) groups is 3. The minimum absolute atomic E-state index is 0.0483. The molecule has 0 radical (unpaired) electrons. The van der Waals surface area contributed by atoms with Crippen LogP contribution in [0.15, 0.2) is 0 Å². The van der Waals surface area contributed by atoms with Crippen molar-refractivity contribution in [2.45, 2.75) is 51.9 Å². The lowest BCUT2D eigenvalue weighted by molar-refractivity contribution is -0.154. The van der Waals surface area contributed by atoms with Crippen LogP contribution in [0.3, 0.4) is 0 Å². The molecule has 2 unspecified atom stereocenters. The van der Waals surface area contributed by atoms with Crippen molar-refractivity contribution in [1.29, 1.82) is 0 Å². The summed E-state index contributed by atoms with van der Waals surface area (Å²) in [5, 5.41) is 0. The lowest BCUT2D eigenvalue weighted by Gasteiger charge is -2.20. The molecule has 0 aliphatic carbocycles. The van der Waals surface area contributed by atoms with Crippen molar-refractivity contribution in [2.75, 3.05) is 21.3 Å². The quantitative estimate of drug-likeness (QED) is 0.331. The molecule has 6 heteroatoms. The molecule has 0 amide bonds. The summed E-state index contributed by atoms with van der Waals surface area (Å²) < 4.78 is 14.0. The standard InChI is InChI=1S/C16H28O6/c1-12(9-7-5-6-8-10-14(17)20-2)13(16(19)22-4)11-15(18)21-3/h12-13H,5-11H2,1-4H3. The van der Waals surface area contributed by atoms with E-state index in [1.165, 1.54) is 21.3 Å². The summed E-state index contributed by atoms with van der Waals surface area (Å²) in [6.45, 7) is 1.94. The fraction of sp³-hybridized carbons (Fsp3) is 0.812. The van der Waals surface area contributed by atoms with E-state index in [0.717, 1.165) is 32.1 Å². The van der Waals surface area contributed by atoms with Gasteiger partial charge in [0.2, 0.25) is 0 Å². The Balaban J connectivity index is 4.07. The van der Waals surface area contributed by atoms with E-state index in [-0.39, 0.29) is 24.3 Å². The number of methoxy groups -OCH3 is 3. The predicted molar refractivity (Wildman–Crippen MR) is 81.0 cm³/mol. The molecule has 0 spiro atoms. The molecule has 0 bridgehead atoms. The highest BCUT2D eigenvalue weighted by Gasteiger charge is 2.28. The van der Waals surface area contributed by atoms with E-state index >= 15 is 0 Å². The van der Waals surface area contributed by atoms with Crippen molar-refractivity contribution in [1.82, 2.24) is 0 Å². The van der Waals surface area contributed by atoms with Crippen LogP contribution >= 0.6 is 0 Å². The van der Waals surface area contributed by atoms with Crippen LogP contribution in [0.1, 0.15) is 51.9 Å². The van der Waals surface area contributed by atoms with Crippen LogP contribution in [0.2, 0.25) is 0 Å². The second-order valence-electron chi connectivity index (χ2n) is 5.42. The average Bonchev–Trinajstić information content (AvgIpc) is 2.53. The largest absolute Gasteiger partial charge is 0.469 e. The maximum absolute atomic E-state index is 11.8. The highest BCUT2D eigenvalue weighted by Crippen LogP contribution is 2.24. The molecule has 0 rings (SSSR count). The zero-order valence-corrected chi connectivity index (χ0v) is 14.1. The van der Waals surface area contributed by atoms with Crippen LogP contribution in [0.4, 0.5) is 0 Å². The van der Waals surface area contributed by atoms with Gasteiger partial charge in [0.05, 0.1) is 33.7 Å². The third-order valence-corrected chi connectivity index (χ3v) is 3.82. The highest BCUT2D eigenvalue weighted by molar-refractivity contribution is 5.80. The van der Waals surface area contributed by atoms with Crippen LogP contribution in [0.25, 0.3) is 0 Å². The summed E-state index contributed by atoms with van der Waals surface area (Å²) in [4.78, 5) is 34.1. The van der Waals surface area contributed by atoms with E-state index < -0.39 is 11.9 Å². The molecular weight excluding hydrogens is 288 g/mol. The number of hydrogen-bond acceptors (Lipinski definition) is 6. The summed E-state index contributed by atoms with van der Waals surface area (Å²) >= 11 is 0. The third kappa shape index (κ3) is 8.64. The van der Waals surface area contributed by atoms with Crippen molar-refractivity contribution in [2.24, 2.45) is 11.8 Å². The minimum Gasteiger partial charge on any atom is -0.469 e. The molecule has 0 aliphatic rings. The van der Waals surface area contributed by atoms with Crippen molar-refractivity contribution in [3.63, 3.8) is 0 Å². The molecule has 0 aromatic heterocycles. The van der Waals surface area contributed by atoms with E-state index in [2.05, 4.69) is 9.47 Å². The van der Waals surface area contributed by atoms with E-state index in [1.54, 1.807) is 0 Å². The van der Waals surface area contributed by atoms with Gasteiger partial charge in [-0.1, -0.05) is 26.2 Å². The van der Waals surface area contributed by atoms with Gasteiger partial charge in [-0.05, 0) is 18.8 Å². The summed E-state index contributed by atoms with van der Waals surface area (Å²) in [5.74, 6) is -1.37. The van der Waals surface area contributed by atoms with Crippen molar-refractivity contribution >= 4 is 17.9 Å². The van der Waals surface area contributed by atoms with Crippen LogP contribution in [0, 0.1) is 11.8 Å². The minimum atomic E-state index is -0.465. The molecule has 0 aromatic rings. The van der Waals surface area contributed by atoms with Crippen LogP contribution < -0.4 is 0 Å². The molecule has 0 N–H and O–H groups in total. The Morgan fingerprint density at radius 1 is 0.818 bits per heavy atom. The first-order valence-corrected chi connectivity index (χ1v) is 7.67. The normalized spacial score (nSPS) is 13.1. The van der Waals surface area contributed by atoms with Gasteiger partial charge in [0.1, 0.15) is 0 Å². The number of rotatable bonds is 11. The molecule has 22 heavy (non-hydrogen) atoms. The van der Waals surface area contributed by atoms with Gasteiger partial charge in [-0.2, -0.15) is 0 Å². The average molecular weight is 316 g/mol. The second-order valence-corrected chi connectivity index (χ2v) is 5.42. The number of unbranched alkanes of at least 4 members (excludes halogenated alkanes) is 3. The Morgan fingerprint density at radius 2 is 1.41 bits per heavy atom. The summed E-state index contributed by atoms with van der Waals surface area (Å²) in [5.41, 5.74) is 0. The summed E-state index contributed by atoms with van der Waals surface area (Å²) in [7, 11) is 4.02.